The van der Waals surface area contributed by atoms with Gasteiger partial charge in [0.15, 0.2) is 0 Å². The highest BCUT2D eigenvalue weighted by atomic mass is 35.5. The van der Waals surface area contributed by atoms with Gasteiger partial charge in [-0.15, -0.1) is 0 Å². The van der Waals surface area contributed by atoms with Crippen LogP contribution in [0, 0.1) is 5.82 Å². The van der Waals surface area contributed by atoms with Crippen LogP contribution in [0.3, 0.4) is 0 Å². The van der Waals surface area contributed by atoms with Crippen molar-refractivity contribution in [2.24, 2.45) is 0 Å². The molecule has 0 radical (unpaired) electrons. The molecule has 1 aromatic rings. The lowest BCUT2D eigenvalue weighted by molar-refractivity contribution is 0.273. The van der Waals surface area contributed by atoms with E-state index in [1.807, 2.05) is 0 Å². The zero-order valence-corrected chi connectivity index (χ0v) is 11.4. The molecule has 4 heteroatoms. The van der Waals surface area contributed by atoms with Crippen molar-refractivity contribution in [3.63, 3.8) is 0 Å². The van der Waals surface area contributed by atoms with Gasteiger partial charge < -0.3 is 10.2 Å². The van der Waals surface area contributed by atoms with Crippen LogP contribution >= 0.6 is 11.6 Å². The molecule has 0 atom stereocenters. The molecule has 0 aliphatic carbocycles. The van der Waals surface area contributed by atoms with Gasteiger partial charge in [-0.1, -0.05) is 17.7 Å². The van der Waals surface area contributed by atoms with Crippen LogP contribution in [0.15, 0.2) is 18.2 Å². The van der Waals surface area contributed by atoms with E-state index in [1.165, 1.54) is 12.1 Å². The summed E-state index contributed by atoms with van der Waals surface area (Å²) in [7, 11) is 2.09. The van der Waals surface area contributed by atoms with E-state index in [1.54, 1.807) is 6.07 Å². The first-order valence-corrected chi connectivity index (χ1v) is 6.23. The highest BCUT2D eigenvalue weighted by molar-refractivity contribution is 6.31. The minimum absolute atomic E-state index is 0.293. The van der Waals surface area contributed by atoms with Crippen LogP contribution in [0.2, 0.25) is 5.02 Å². The fourth-order valence-electron chi connectivity index (χ4n) is 1.40. The van der Waals surface area contributed by atoms with Gasteiger partial charge in [-0.3, -0.25) is 0 Å². The van der Waals surface area contributed by atoms with Gasteiger partial charge in [-0.2, -0.15) is 0 Å². The topological polar surface area (TPSA) is 15.3 Å². The third-order valence-electron chi connectivity index (χ3n) is 2.85. The summed E-state index contributed by atoms with van der Waals surface area (Å²) < 4.78 is 12.8. The van der Waals surface area contributed by atoms with Crippen LogP contribution in [0.4, 0.5) is 4.39 Å². The molecule has 1 N–H and O–H groups in total. The molecular formula is C13H20ClFN2. The van der Waals surface area contributed by atoms with Crippen LogP contribution in [-0.2, 0) is 6.54 Å². The fourth-order valence-corrected chi connectivity index (χ4v) is 1.64. The van der Waals surface area contributed by atoms with Gasteiger partial charge in [0.1, 0.15) is 5.82 Å². The average molecular weight is 259 g/mol. The molecule has 0 fully saturated rings. The first-order valence-electron chi connectivity index (χ1n) is 5.85. The van der Waals surface area contributed by atoms with Crippen molar-refractivity contribution in [1.29, 1.82) is 0 Å². The van der Waals surface area contributed by atoms with Crippen LogP contribution in [0.25, 0.3) is 0 Å². The molecule has 0 spiro atoms. The van der Waals surface area contributed by atoms with Crippen molar-refractivity contribution in [1.82, 2.24) is 10.2 Å². The van der Waals surface area contributed by atoms with Crippen LogP contribution in [0.5, 0.6) is 0 Å². The SMILES string of the molecule is CC(C)N(C)CCNCc1ccc(F)cc1Cl. The number of hydrogen-bond acceptors (Lipinski definition) is 2. The molecule has 0 aromatic heterocycles. The van der Waals surface area contributed by atoms with Crippen LogP contribution in [-0.4, -0.2) is 31.1 Å². The second kappa shape index (κ2) is 6.94. The third kappa shape index (κ3) is 5.02. The number of benzene rings is 1. The predicted octanol–water partition coefficient (Wildman–Crippen LogP) is 2.91. The average Bonchev–Trinajstić information content (AvgIpc) is 2.26. The second-order valence-electron chi connectivity index (χ2n) is 4.49. The lowest BCUT2D eigenvalue weighted by Crippen LogP contribution is -2.33. The van der Waals surface area contributed by atoms with Gasteiger partial charge in [0.25, 0.3) is 0 Å². The van der Waals surface area contributed by atoms with Gasteiger partial charge in [-0.05, 0) is 38.6 Å². The maximum absolute atomic E-state index is 12.8. The Hall–Kier alpha value is -0.640. The van der Waals surface area contributed by atoms with E-state index >= 15 is 0 Å². The number of likely N-dealkylation sites (N-methyl/N-ethyl adjacent to an activating group) is 1. The predicted molar refractivity (Wildman–Crippen MR) is 70.9 cm³/mol. The Kier molecular flexibility index (Phi) is 5.89. The van der Waals surface area contributed by atoms with Crippen molar-refractivity contribution in [3.05, 3.63) is 34.6 Å². The summed E-state index contributed by atoms with van der Waals surface area (Å²) in [4.78, 5) is 2.26. The zero-order valence-electron chi connectivity index (χ0n) is 10.6. The van der Waals surface area contributed by atoms with Crippen molar-refractivity contribution in [3.8, 4) is 0 Å². The number of hydrogen-bond donors (Lipinski definition) is 1. The number of nitrogens with zero attached hydrogens (tertiary/aromatic N) is 1. The number of nitrogens with one attached hydrogen (secondary N) is 1. The zero-order chi connectivity index (χ0) is 12.8. The summed E-state index contributed by atoms with van der Waals surface area (Å²) in [5, 5.41) is 3.78. The van der Waals surface area contributed by atoms with E-state index in [0.717, 1.165) is 18.7 Å². The Morgan fingerprint density at radius 2 is 2.12 bits per heavy atom. The molecule has 96 valence electrons. The van der Waals surface area contributed by atoms with E-state index in [9.17, 15) is 4.39 Å². The number of halogens is 2. The van der Waals surface area contributed by atoms with Crippen molar-refractivity contribution in [2.45, 2.75) is 26.4 Å². The Morgan fingerprint density at radius 1 is 1.41 bits per heavy atom. The summed E-state index contributed by atoms with van der Waals surface area (Å²) in [5.74, 6) is -0.293. The maximum atomic E-state index is 12.8. The quantitative estimate of drug-likeness (QED) is 0.790. The summed E-state index contributed by atoms with van der Waals surface area (Å²) in [6.07, 6.45) is 0. The summed E-state index contributed by atoms with van der Waals surface area (Å²) >= 11 is 5.93. The van der Waals surface area contributed by atoms with Gasteiger partial charge in [0.05, 0.1) is 0 Å². The van der Waals surface area contributed by atoms with E-state index in [2.05, 4.69) is 31.1 Å². The highest BCUT2D eigenvalue weighted by Crippen LogP contribution is 2.16. The molecule has 1 aromatic carbocycles. The molecule has 17 heavy (non-hydrogen) atoms. The Morgan fingerprint density at radius 3 is 2.71 bits per heavy atom. The Balaban J connectivity index is 2.31. The molecule has 0 aliphatic rings. The summed E-state index contributed by atoms with van der Waals surface area (Å²) in [5.41, 5.74) is 0.931. The van der Waals surface area contributed by atoms with Crippen LogP contribution in [0.1, 0.15) is 19.4 Å². The van der Waals surface area contributed by atoms with Crippen molar-refractivity contribution >= 4 is 11.6 Å². The Labute approximate surface area is 108 Å². The maximum Gasteiger partial charge on any atom is 0.124 e. The monoisotopic (exact) mass is 258 g/mol. The highest BCUT2D eigenvalue weighted by Gasteiger charge is 2.03. The van der Waals surface area contributed by atoms with E-state index in [-0.39, 0.29) is 5.82 Å². The van der Waals surface area contributed by atoms with Crippen molar-refractivity contribution in [2.75, 3.05) is 20.1 Å². The minimum atomic E-state index is -0.293. The molecular weight excluding hydrogens is 239 g/mol. The fraction of sp³-hybridized carbons (Fsp3) is 0.538. The molecule has 0 amide bonds. The van der Waals surface area contributed by atoms with E-state index in [0.29, 0.717) is 17.6 Å². The van der Waals surface area contributed by atoms with Gasteiger partial charge >= 0.3 is 0 Å². The smallest absolute Gasteiger partial charge is 0.124 e. The van der Waals surface area contributed by atoms with Gasteiger partial charge in [0, 0.05) is 30.7 Å². The normalized spacial score (nSPS) is 11.5. The van der Waals surface area contributed by atoms with E-state index in [4.69, 9.17) is 11.6 Å². The largest absolute Gasteiger partial charge is 0.311 e. The van der Waals surface area contributed by atoms with Gasteiger partial charge in [0.2, 0.25) is 0 Å². The lowest BCUT2D eigenvalue weighted by Gasteiger charge is -2.21. The molecule has 2 nitrogen and oxygen atoms in total. The first-order chi connectivity index (χ1) is 8.00. The first kappa shape index (κ1) is 14.4. The van der Waals surface area contributed by atoms with Gasteiger partial charge in [-0.25, -0.2) is 4.39 Å². The molecule has 0 saturated carbocycles. The second-order valence-corrected chi connectivity index (χ2v) is 4.89. The van der Waals surface area contributed by atoms with E-state index < -0.39 is 0 Å². The summed E-state index contributed by atoms with van der Waals surface area (Å²) in [6.45, 7) is 6.87. The molecule has 0 heterocycles. The lowest BCUT2D eigenvalue weighted by atomic mass is 10.2. The molecule has 0 bridgehead atoms. The third-order valence-corrected chi connectivity index (χ3v) is 3.21. The molecule has 1 rings (SSSR count). The number of rotatable bonds is 6. The molecule has 0 saturated heterocycles. The standard InChI is InChI=1S/C13H20ClFN2/c1-10(2)17(3)7-6-16-9-11-4-5-12(15)8-13(11)14/h4-5,8,10,16H,6-7,9H2,1-3H3. The minimum Gasteiger partial charge on any atom is -0.311 e. The van der Waals surface area contributed by atoms with Crippen molar-refractivity contribution < 1.29 is 4.39 Å². The molecule has 0 unspecified atom stereocenters. The molecule has 0 aliphatic heterocycles. The summed E-state index contributed by atoms with van der Waals surface area (Å²) in [6, 6.07) is 5.05. The van der Waals surface area contributed by atoms with Crippen LogP contribution < -0.4 is 5.32 Å². The Bertz CT molecular complexity index is 355.